The molecule has 0 saturated carbocycles. The van der Waals surface area contributed by atoms with Crippen LogP contribution in [0, 0.1) is 17.8 Å². The van der Waals surface area contributed by atoms with Crippen molar-refractivity contribution in [1.82, 2.24) is 0 Å². The van der Waals surface area contributed by atoms with E-state index < -0.39 is 0 Å². The fraction of sp³-hybridized carbons (Fsp3) is 0.529. The van der Waals surface area contributed by atoms with Crippen LogP contribution in [0.5, 0.6) is 11.5 Å². The molecular formula is C17H25O3. The second-order valence-corrected chi connectivity index (χ2v) is 6.31. The van der Waals surface area contributed by atoms with Crippen LogP contribution in [0.2, 0.25) is 0 Å². The van der Waals surface area contributed by atoms with E-state index in [9.17, 15) is 4.79 Å². The van der Waals surface area contributed by atoms with Gasteiger partial charge < -0.3 is 9.47 Å². The van der Waals surface area contributed by atoms with Crippen molar-refractivity contribution in [3.05, 3.63) is 30.2 Å². The van der Waals surface area contributed by atoms with Gasteiger partial charge in [0.05, 0.1) is 19.8 Å². The van der Waals surface area contributed by atoms with Gasteiger partial charge in [0, 0.05) is 6.42 Å². The summed E-state index contributed by atoms with van der Waals surface area (Å²) < 4.78 is 10.5. The van der Waals surface area contributed by atoms with Gasteiger partial charge in [-0.15, -0.1) is 0 Å². The molecule has 1 rings (SSSR count). The lowest BCUT2D eigenvalue weighted by Gasteiger charge is -2.22. The Bertz CT molecular complexity index is 458. The van der Waals surface area contributed by atoms with Crippen molar-refractivity contribution in [2.45, 2.75) is 34.1 Å². The largest absolute Gasteiger partial charge is 0.493 e. The molecule has 0 unspecified atom stereocenters. The van der Waals surface area contributed by atoms with Crippen molar-refractivity contribution in [2.24, 2.45) is 11.3 Å². The minimum Gasteiger partial charge on any atom is -0.493 e. The van der Waals surface area contributed by atoms with Crippen LogP contribution >= 0.6 is 0 Å². The summed E-state index contributed by atoms with van der Waals surface area (Å²) in [5, 5.41) is 0. The smallest absolute Gasteiger partial charge is 0.171 e. The van der Waals surface area contributed by atoms with Gasteiger partial charge in [0.1, 0.15) is 0 Å². The van der Waals surface area contributed by atoms with E-state index in [2.05, 4.69) is 27.7 Å². The fourth-order valence-corrected chi connectivity index (χ4v) is 2.45. The monoisotopic (exact) mass is 277 g/mol. The predicted octanol–water partition coefficient (Wildman–Crippen LogP) is 4.16. The van der Waals surface area contributed by atoms with E-state index in [-0.39, 0.29) is 17.1 Å². The molecular weight excluding hydrogens is 252 g/mol. The first-order valence-corrected chi connectivity index (χ1v) is 6.88. The summed E-state index contributed by atoms with van der Waals surface area (Å²) in [5.74, 6) is 1.28. The molecule has 0 saturated heterocycles. The number of ketones is 1. The summed E-state index contributed by atoms with van der Waals surface area (Å²) >= 11 is 0. The zero-order valence-corrected chi connectivity index (χ0v) is 13.3. The standard InChI is InChI=1S/C17H25O3/c1-12(11-17(2,3)4)10-14(18)13-8-7-9-15(19-5)16(13)20-6/h7-10,12H,11H2,1-6H3/t12-/m0/s1. The first-order valence-electron chi connectivity index (χ1n) is 6.88. The number of hydrogen-bond donors (Lipinski definition) is 0. The Morgan fingerprint density at radius 1 is 1.25 bits per heavy atom. The lowest BCUT2D eigenvalue weighted by Crippen LogP contribution is -2.15. The number of carbonyl (C=O) groups excluding carboxylic acids is 1. The highest BCUT2D eigenvalue weighted by Crippen LogP contribution is 2.33. The third-order valence-electron chi connectivity index (χ3n) is 3.04. The van der Waals surface area contributed by atoms with Crippen molar-refractivity contribution in [3.8, 4) is 11.5 Å². The van der Waals surface area contributed by atoms with Gasteiger partial charge in [-0.05, 0) is 29.9 Å². The summed E-state index contributed by atoms with van der Waals surface area (Å²) in [6.45, 7) is 8.59. The van der Waals surface area contributed by atoms with E-state index in [0.717, 1.165) is 6.42 Å². The average Bonchev–Trinajstić information content (AvgIpc) is 2.35. The van der Waals surface area contributed by atoms with Crippen LogP contribution in [0.4, 0.5) is 0 Å². The maximum atomic E-state index is 12.4. The van der Waals surface area contributed by atoms with Gasteiger partial charge in [-0.1, -0.05) is 33.8 Å². The van der Waals surface area contributed by atoms with Gasteiger partial charge in [0.25, 0.3) is 0 Å². The number of para-hydroxylation sites is 1. The molecule has 0 aliphatic rings. The second-order valence-electron chi connectivity index (χ2n) is 6.31. The summed E-state index contributed by atoms with van der Waals surface area (Å²) in [6, 6.07) is 5.36. The lowest BCUT2D eigenvalue weighted by atomic mass is 9.83. The zero-order chi connectivity index (χ0) is 15.3. The Kier molecular flexibility index (Phi) is 5.61. The molecule has 0 bridgehead atoms. The number of hydrogen-bond acceptors (Lipinski definition) is 3. The number of rotatable bonds is 6. The van der Waals surface area contributed by atoms with Crippen molar-refractivity contribution in [3.63, 3.8) is 0 Å². The highest BCUT2D eigenvalue weighted by Gasteiger charge is 2.21. The molecule has 0 aliphatic heterocycles. The predicted molar refractivity (Wildman–Crippen MR) is 81.4 cm³/mol. The molecule has 0 heterocycles. The van der Waals surface area contributed by atoms with Crippen molar-refractivity contribution in [2.75, 3.05) is 14.2 Å². The first kappa shape index (κ1) is 16.5. The van der Waals surface area contributed by atoms with E-state index in [0.29, 0.717) is 17.1 Å². The van der Waals surface area contributed by atoms with E-state index in [1.165, 1.54) is 0 Å². The number of benzene rings is 1. The quantitative estimate of drug-likeness (QED) is 0.732. The highest BCUT2D eigenvalue weighted by molar-refractivity contribution is 6.05. The molecule has 0 fully saturated rings. The molecule has 1 atom stereocenters. The van der Waals surface area contributed by atoms with Crippen LogP contribution in [0.1, 0.15) is 44.5 Å². The van der Waals surface area contributed by atoms with Gasteiger partial charge >= 0.3 is 0 Å². The summed E-state index contributed by atoms with van der Waals surface area (Å²) in [6.07, 6.45) is 2.73. The minimum absolute atomic E-state index is 0.0162. The molecule has 111 valence electrons. The molecule has 0 spiro atoms. The van der Waals surface area contributed by atoms with Crippen LogP contribution < -0.4 is 9.47 Å². The topological polar surface area (TPSA) is 35.5 Å². The number of methoxy groups -OCH3 is 2. The lowest BCUT2D eigenvalue weighted by molar-refractivity contribution is 0.101. The van der Waals surface area contributed by atoms with Crippen molar-refractivity contribution >= 4 is 5.78 Å². The van der Waals surface area contributed by atoms with E-state index in [1.807, 2.05) is 0 Å². The Labute approximate surface area is 122 Å². The number of ether oxygens (including phenoxy) is 2. The van der Waals surface area contributed by atoms with Crippen LogP contribution in [0.15, 0.2) is 18.2 Å². The molecule has 3 nitrogen and oxygen atoms in total. The third kappa shape index (κ3) is 4.55. The molecule has 0 aromatic heterocycles. The average molecular weight is 277 g/mol. The molecule has 0 N–H and O–H groups in total. The molecule has 3 heteroatoms. The number of Topliss-reactive ketones (excluding diaryl/α,β-unsaturated/α-hetero) is 1. The Morgan fingerprint density at radius 2 is 1.90 bits per heavy atom. The second kappa shape index (κ2) is 6.78. The molecule has 0 aliphatic carbocycles. The van der Waals surface area contributed by atoms with Crippen molar-refractivity contribution < 1.29 is 14.3 Å². The molecule has 0 amide bonds. The first-order chi connectivity index (χ1) is 9.28. The fourth-order valence-electron chi connectivity index (χ4n) is 2.45. The van der Waals surface area contributed by atoms with E-state index in [4.69, 9.17) is 9.47 Å². The summed E-state index contributed by atoms with van der Waals surface area (Å²) in [4.78, 5) is 12.4. The van der Waals surface area contributed by atoms with Crippen LogP contribution in [0.3, 0.4) is 0 Å². The Morgan fingerprint density at radius 3 is 2.40 bits per heavy atom. The number of carbonyl (C=O) groups is 1. The van der Waals surface area contributed by atoms with E-state index >= 15 is 0 Å². The van der Waals surface area contributed by atoms with Gasteiger partial charge in [-0.3, -0.25) is 4.79 Å². The minimum atomic E-state index is -0.0162. The highest BCUT2D eigenvalue weighted by atomic mass is 16.5. The van der Waals surface area contributed by atoms with Gasteiger partial charge in [0.15, 0.2) is 17.3 Å². The maximum Gasteiger partial charge on any atom is 0.171 e. The molecule has 1 radical (unpaired) electrons. The normalized spacial score (nSPS) is 12.9. The SMILES string of the molecule is COc1cccc(C(=O)[CH][C@H](C)CC(C)(C)C)c1OC. The maximum absolute atomic E-state index is 12.4. The molecule has 1 aromatic carbocycles. The van der Waals surface area contributed by atoms with Crippen LogP contribution in [0.25, 0.3) is 0 Å². The summed E-state index contributed by atoms with van der Waals surface area (Å²) in [5.41, 5.74) is 0.752. The van der Waals surface area contributed by atoms with Gasteiger partial charge in [-0.2, -0.15) is 0 Å². The van der Waals surface area contributed by atoms with Crippen molar-refractivity contribution in [1.29, 1.82) is 0 Å². The Balaban J connectivity index is 2.87. The molecule has 20 heavy (non-hydrogen) atoms. The third-order valence-corrected chi connectivity index (χ3v) is 3.04. The summed E-state index contributed by atoms with van der Waals surface area (Å²) in [7, 11) is 3.12. The van der Waals surface area contributed by atoms with Gasteiger partial charge in [-0.25, -0.2) is 0 Å². The molecule has 1 aromatic rings. The van der Waals surface area contributed by atoms with Crippen LogP contribution in [-0.4, -0.2) is 20.0 Å². The van der Waals surface area contributed by atoms with Crippen LogP contribution in [-0.2, 0) is 0 Å². The van der Waals surface area contributed by atoms with E-state index in [1.54, 1.807) is 38.8 Å². The Hall–Kier alpha value is -1.51. The zero-order valence-electron chi connectivity index (χ0n) is 13.3. The van der Waals surface area contributed by atoms with Gasteiger partial charge in [0.2, 0.25) is 0 Å².